The number of aryl methyl sites for hydroxylation is 2. The van der Waals surface area contributed by atoms with Gasteiger partial charge in [-0.1, -0.05) is 31.2 Å². The minimum Gasteiger partial charge on any atom is -0.329 e. The van der Waals surface area contributed by atoms with E-state index >= 15 is 0 Å². The number of aromatic nitrogens is 2. The van der Waals surface area contributed by atoms with Gasteiger partial charge in [-0.3, -0.25) is 9.58 Å². The second-order valence-corrected chi connectivity index (χ2v) is 5.77. The first-order valence-electron chi connectivity index (χ1n) is 7.76. The summed E-state index contributed by atoms with van der Waals surface area (Å²) in [7, 11) is 2.03. The zero-order valence-electron chi connectivity index (χ0n) is 12.9. The van der Waals surface area contributed by atoms with E-state index in [1.807, 2.05) is 11.7 Å². The predicted octanol–water partition coefficient (Wildman–Crippen LogP) is 2.04. The lowest BCUT2D eigenvalue weighted by Gasteiger charge is -2.36. The fourth-order valence-electron chi connectivity index (χ4n) is 3.27. The molecular weight excluding hydrogens is 260 g/mol. The molecule has 1 unspecified atom stereocenters. The Morgan fingerprint density at radius 2 is 2.14 bits per heavy atom. The van der Waals surface area contributed by atoms with Crippen molar-refractivity contribution in [1.29, 1.82) is 0 Å². The van der Waals surface area contributed by atoms with Gasteiger partial charge in [-0.05, 0) is 30.0 Å². The van der Waals surface area contributed by atoms with Gasteiger partial charge in [0.25, 0.3) is 0 Å². The Kier molecular flexibility index (Phi) is 4.08. The molecule has 0 fully saturated rings. The highest BCUT2D eigenvalue weighted by Gasteiger charge is 2.26. The lowest BCUT2D eigenvalue weighted by molar-refractivity contribution is 0.176. The largest absolute Gasteiger partial charge is 0.329 e. The molecule has 1 aromatic heterocycles. The van der Waals surface area contributed by atoms with Gasteiger partial charge in [0.15, 0.2) is 0 Å². The van der Waals surface area contributed by atoms with E-state index in [1.54, 1.807) is 0 Å². The number of hydrogen-bond acceptors (Lipinski definition) is 3. The summed E-state index contributed by atoms with van der Waals surface area (Å²) in [6.07, 6.45) is 2.09. The summed E-state index contributed by atoms with van der Waals surface area (Å²) in [4.78, 5) is 2.48. The predicted molar refractivity (Wildman–Crippen MR) is 84.9 cm³/mol. The molecule has 112 valence electrons. The summed E-state index contributed by atoms with van der Waals surface area (Å²) in [6.45, 7) is 4.78. The van der Waals surface area contributed by atoms with Gasteiger partial charge in [0.05, 0.1) is 11.4 Å². The average molecular weight is 284 g/mol. The molecule has 21 heavy (non-hydrogen) atoms. The number of nitrogens with two attached hydrogens (primary N) is 1. The summed E-state index contributed by atoms with van der Waals surface area (Å²) in [5.74, 6) is 0. The fourth-order valence-corrected chi connectivity index (χ4v) is 3.27. The maximum atomic E-state index is 6.07. The van der Waals surface area contributed by atoms with Gasteiger partial charge in [-0.2, -0.15) is 5.10 Å². The van der Waals surface area contributed by atoms with E-state index in [0.717, 1.165) is 31.6 Å². The van der Waals surface area contributed by atoms with Crippen molar-refractivity contribution in [1.82, 2.24) is 14.7 Å². The smallest absolute Gasteiger partial charge is 0.0625 e. The van der Waals surface area contributed by atoms with Crippen LogP contribution in [0.5, 0.6) is 0 Å². The van der Waals surface area contributed by atoms with Gasteiger partial charge >= 0.3 is 0 Å². The highest BCUT2D eigenvalue weighted by molar-refractivity contribution is 5.33. The van der Waals surface area contributed by atoms with E-state index in [2.05, 4.69) is 47.3 Å². The van der Waals surface area contributed by atoms with Gasteiger partial charge in [0.1, 0.15) is 0 Å². The zero-order valence-corrected chi connectivity index (χ0v) is 12.9. The summed E-state index contributed by atoms with van der Waals surface area (Å²) >= 11 is 0. The van der Waals surface area contributed by atoms with Gasteiger partial charge in [0, 0.05) is 32.7 Å². The quantitative estimate of drug-likeness (QED) is 0.934. The Morgan fingerprint density at radius 3 is 2.86 bits per heavy atom. The van der Waals surface area contributed by atoms with Gasteiger partial charge in [-0.25, -0.2) is 0 Å². The summed E-state index contributed by atoms with van der Waals surface area (Å²) < 4.78 is 2.01. The molecule has 2 heterocycles. The summed E-state index contributed by atoms with van der Waals surface area (Å²) in [6, 6.07) is 11.2. The van der Waals surface area contributed by atoms with Crippen LogP contribution in [0.4, 0.5) is 0 Å². The molecule has 2 N–H and O–H groups in total. The Hall–Kier alpha value is -1.65. The van der Waals surface area contributed by atoms with Crippen LogP contribution in [-0.2, 0) is 26.4 Å². The summed E-state index contributed by atoms with van der Waals surface area (Å²) in [5.41, 5.74) is 11.3. The van der Waals surface area contributed by atoms with Crippen molar-refractivity contribution in [3.63, 3.8) is 0 Å². The standard InChI is InChI=1S/C17H24N4/c1-3-14-10-15(20(2)19-14)12-21-9-8-13-6-4-5-7-16(13)17(21)11-18/h4-7,10,17H,3,8-9,11-12,18H2,1-2H3. The Bertz CT molecular complexity index is 617. The summed E-state index contributed by atoms with van der Waals surface area (Å²) in [5, 5.41) is 4.55. The minimum atomic E-state index is 0.315. The second kappa shape index (κ2) is 6.00. The highest BCUT2D eigenvalue weighted by atomic mass is 15.3. The Labute approximate surface area is 126 Å². The van der Waals surface area contributed by atoms with Crippen LogP contribution in [0.3, 0.4) is 0 Å². The van der Waals surface area contributed by atoms with E-state index in [4.69, 9.17) is 5.73 Å². The number of hydrogen-bond donors (Lipinski definition) is 1. The van der Waals surface area contributed by atoms with E-state index in [9.17, 15) is 0 Å². The van der Waals surface area contributed by atoms with Gasteiger partial charge < -0.3 is 5.73 Å². The maximum Gasteiger partial charge on any atom is 0.0625 e. The van der Waals surface area contributed by atoms with Crippen LogP contribution >= 0.6 is 0 Å². The molecule has 3 rings (SSSR count). The molecule has 0 saturated heterocycles. The van der Waals surface area contributed by atoms with E-state index in [-0.39, 0.29) is 0 Å². The van der Waals surface area contributed by atoms with Crippen molar-refractivity contribution < 1.29 is 0 Å². The molecule has 0 bridgehead atoms. The topological polar surface area (TPSA) is 47.1 Å². The number of nitrogens with zero attached hydrogens (tertiary/aromatic N) is 3. The van der Waals surface area contributed by atoms with E-state index in [1.165, 1.54) is 16.8 Å². The maximum absolute atomic E-state index is 6.07. The first-order valence-corrected chi connectivity index (χ1v) is 7.76. The third-order valence-electron chi connectivity index (χ3n) is 4.50. The third kappa shape index (κ3) is 2.74. The lowest BCUT2D eigenvalue weighted by atomic mass is 9.92. The van der Waals surface area contributed by atoms with Crippen molar-refractivity contribution in [2.45, 2.75) is 32.4 Å². The molecule has 4 heteroatoms. The molecule has 0 aliphatic carbocycles. The number of benzene rings is 1. The molecule has 4 nitrogen and oxygen atoms in total. The van der Waals surface area contributed by atoms with Crippen LogP contribution in [0.1, 0.15) is 35.5 Å². The molecule has 2 aromatic rings. The van der Waals surface area contributed by atoms with Crippen LogP contribution in [-0.4, -0.2) is 27.8 Å². The SMILES string of the molecule is CCc1cc(CN2CCc3ccccc3C2CN)n(C)n1. The first kappa shape index (κ1) is 14.3. The highest BCUT2D eigenvalue weighted by Crippen LogP contribution is 2.30. The molecule has 1 aliphatic heterocycles. The number of fused-ring (bicyclic) bond motifs is 1. The molecule has 0 amide bonds. The van der Waals surface area contributed by atoms with Crippen LogP contribution in [0, 0.1) is 0 Å². The lowest BCUT2D eigenvalue weighted by Crippen LogP contribution is -2.39. The molecular formula is C17H24N4. The van der Waals surface area contributed by atoms with Crippen molar-refractivity contribution >= 4 is 0 Å². The van der Waals surface area contributed by atoms with Crippen molar-refractivity contribution in [2.75, 3.05) is 13.1 Å². The van der Waals surface area contributed by atoms with Crippen LogP contribution < -0.4 is 5.73 Å². The van der Waals surface area contributed by atoms with Gasteiger partial charge in [0.2, 0.25) is 0 Å². The average Bonchev–Trinajstić information content (AvgIpc) is 2.87. The van der Waals surface area contributed by atoms with Gasteiger partial charge in [-0.15, -0.1) is 0 Å². The van der Waals surface area contributed by atoms with E-state index in [0.29, 0.717) is 12.6 Å². The molecule has 0 radical (unpaired) electrons. The van der Waals surface area contributed by atoms with Crippen molar-refractivity contribution in [3.05, 3.63) is 52.8 Å². The third-order valence-corrected chi connectivity index (χ3v) is 4.50. The zero-order chi connectivity index (χ0) is 14.8. The van der Waals surface area contributed by atoms with E-state index < -0.39 is 0 Å². The van der Waals surface area contributed by atoms with Crippen LogP contribution in [0.25, 0.3) is 0 Å². The second-order valence-electron chi connectivity index (χ2n) is 5.77. The van der Waals surface area contributed by atoms with Crippen molar-refractivity contribution in [3.8, 4) is 0 Å². The first-order chi connectivity index (χ1) is 10.2. The van der Waals surface area contributed by atoms with Crippen LogP contribution in [0.15, 0.2) is 30.3 Å². The molecule has 1 aromatic carbocycles. The molecule has 0 spiro atoms. The fraction of sp³-hybridized carbons (Fsp3) is 0.471. The Morgan fingerprint density at radius 1 is 1.33 bits per heavy atom. The molecule has 0 saturated carbocycles. The minimum absolute atomic E-state index is 0.315. The number of rotatable bonds is 4. The molecule has 1 atom stereocenters. The normalized spacial score (nSPS) is 18.7. The van der Waals surface area contributed by atoms with Crippen LogP contribution in [0.2, 0.25) is 0 Å². The Balaban J connectivity index is 1.84. The molecule has 1 aliphatic rings. The monoisotopic (exact) mass is 284 g/mol. The van der Waals surface area contributed by atoms with Crippen molar-refractivity contribution in [2.24, 2.45) is 12.8 Å².